The maximum Gasteiger partial charge on any atom is 0.273 e. The summed E-state index contributed by atoms with van der Waals surface area (Å²) in [6, 6.07) is 8.19. The van der Waals surface area contributed by atoms with Gasteiger partial charge in [-0.3, -0.25) is 4.79 Å². The molecular formula is C22H29N7O. The maximum atomic E-state index is 12.5. The van der Waals surface area contributed by atoms with Crippen LogP contribution in [0.15, 0.2) is 36.7 Å². The van der Waals surface area contributed by atoms with Crippen molar-refractivity contribution in [2.75, 3.05) is 37.3 Å². The fourth-order valence-corrected chi connectivity index (χ4v) is 3.28. The first-order valence-electron chi connectivity index (χ1n) is 10.2. The van der Waals surface area contributed by atoms with Gasteiger partial charge in [-0.2, -0.15) is 0 Å². The minimum Gasteiger partial charge on any atom is -0.382 e. The second kappa shape index (κ2) is 9.98. The Hall–Kier alpha value is -3.26. The van der Waals surface area contributed by atoms with Crippen molar-refractivity contribution in [1.82, 2.24) is 25.6 Å². The van der Waals surface area contributed by atoms with E-state index in [2.05, 4.69) is 51.5 Å². The van der Waals surface area contributed by atoms with Crippen molar-refractivity contribution in [1.29, 1.82) is 0 Å². The fraction of sp³-hybridized carbons (Fsp3) is 0.364. The molecule has 0 atom stereocenters. The molecule has 0 saturated carbocycles. The maximum absolute atomic E-state index is 12.5. The summed E-state index contributed by atoms with van der Waals surface area (Å²) >= 11 is 0. The third-order valence-electron chi connectivity index (χ3n) is 4.90. The highest BCUT2D eigenvalue weighted by molar-refractivity contribution is 5.96. The van der Waals surface area contributed by atoms with Crippen molar-refractivity contribution in [3.63, 3.8) is 0 Å². The molecule has 30 heavy (non-hydrogen) atoms. The average molecular weight is 408 g/mol. The lowest BCUT2D eigenvalue weighted by atomic mass is 10.1. The van der Waals surface area contributed by atoms with Gasteiger partial charge in [0, 0.05) is 50.0 Å². The van der Waals surface area contributed by atoms with Gasteiger partial charge in [0.2, 0.25) is 0 Å². The van der Waals surface area contributed by atoms with Crippen LogP contribution in [0.25, 0.3) is 10.9 Å². The van der Waals surface area contributed by atoms with E-state index in [0.29, 0.717) is 6.54 Å². The van der Waals surface area contributed by atoms with E-state index >= 15 is 0 Å². The minimum absolute atomic E-state index is 0.113. The SMILES string of the molecule is CCCNCCN(C)c1nc2c(C)cccc2cc1CNC(=O)c1nccnc1N. The molecule has 2 heterocycles. The monoisotopic (exact) mass is 407 g/mol. The van der Waals surface area contributed by atoms with E-state index in [9.17, 15) is 4.79 Å². The number of para-hydroxylation sites is 1. The Kier molecular flexibility index (Phi) is 7.13. The summed E-state index contributed by atoms with van der Waals surface area (Å²) in [4.78, 5) is 27.6. The molecule has 8 nitrogen and oxygen atoms in total. The van der Waals surface area contributed by atoms with Gasteiger partial charge in [-0.1, -0.05) is 25.1 Å². The Balaban J connectivity index is 1.85. The zero-order valence-electron chi connectivity index (χ0n) is 17.8. The number of aromatic nitrogens is 3. The number of nitrogens with two attached hydrogens (primary N) is 1. The van der Waals surface area contributed by atoms with Gasteiger partial charge in [0.25, 0.3) is 5.91 Å². The Morgan fingerprint density at radius 2 is 2.00 bits per heavy atom. The summed E-state index contributed by atoms with van der Waals surface area (Å²) in [5.41, 5.74) is 8.92. The molecule has 0 unspecified atom stereocenters. The van der Waals surface area contributed by atoms with E-state index in [1.807, 2.05) is 19.2 Å². The molecule has 8 heteroatoms. The van der Waals surface area contributed by atoms with Crippen LogP contribution in [-0.2, 0) is 6.54 Å². The molecule has 3 rings (SSSR count). The fourth-order valence-electron chi connectivity index (χ4n) is 3.28. The number of nitrogen functional groups attached to an aromatic ring is 1. The second-order valence-corrected chi connectivity index (χ2v) is 7.26. The highest BCUT2D eigenvalue weighted by Crippen LogP contribution is 2.25. The van der Waals surface area contributed by atoms with Crippen LogP contribution in [0.1, 0.15) is 35.0 Å². The number of rotatable bonds is 9. The Labute approximate surface area is 176 Å². The number of nitrogens with one attached hydrogen (secondary N) is 2. The third-order valence-corrected chi connectivity index (χ3v) is 4.90. The van der Waals surface area contributed by atoms with E-state index < -0.39 is 0 Å². The first-order valence-corrected chi connectivity index (χ1v) is 10.2. The van der Waals surface area contributed by atoms with Gasteiger partial charge in [0.05, 0.1) is 5.52 Å². The lowest BCUT2D eigenvalue weighted by Gasteiger charge is -2.23. The van der Waals surface area contributed by atoms with Gasteiger partial charge < -0.3 is 21.3 Å². The number of pyridine rings is 1. The number of fused-ring (bicyclic) bond motifs is 1. The number of aryl methyl sites for hydroxylation is 1. The summed E-state index contributed by atoms with van der Waals surface area (Å²) in [7, 11) is 2.02. The van der Waals surface area contributed by atoms with E-state index in [4.69, 9.17) is 10.7 Å². The van der Waals surface area contributed by atoms with Crippen molar-refractivity contribution in [3.05, 3.63) is 53.5 Å². The van der Waals surface area contributed by atoms with Crippen molar-refractivity contribution < 1.29 is 4.79 Å². The minimum atomic E-state index is -0.358. The number of hydrogen-bond acceptors (Lipinski definition) is 7. The zero-order chi connectivity index (χ0) is 21.5. The van der Waals surface area contributed by atoms with Crippen molar-refractivity contribution in [3.8, 4) is 0 Å². The lowest BCUT2D eigenvalue weighted by molar-refractivity contribution is 0.0946. The molecule has 0 fully saturated rings. The van der Waals surface area contributed by atoms with Crippen molar-refractivity contribution >= 4 is 28.4 Å². The molecule has 1 aromatic carbocycles. The number of anilines is 2. The smallest absolute Gasteiger partial charge is 0.273 e. The standard InChI is InChI=1S/C22H29N7O/c1-4-8-24-11-12-29(3)21-17(13-16-7-5-6-15(2)18(16)28-21)14-27-22(30)19-20(23)26-10-9-25-19/h5-7,9-10,13,24H,4,8,11-12,14H2,1-3H3,(H2,23,26)(H,27,30). The second-order valence-electron chi connectivity index (χ2n) is 7.26. The van der Waals surface area contributed by atoms with Crippen LogP contribution in [0.4, 0.5) is 11.6 Å². The number of nitrogens with zero attached hydrogens (tertiary/aromatic N) is 4. The lowest BCUT2D eigenvalue weighted by Crippen LogP contribution is -2.32. The summed E-state index contributed by atoms with van der Waals surface area (Å²) in [5, 5.41) is 7.36. The first-order chi connectivity index (χ1) is 14.5. The highest BCUT2D eigenvalue weighted by Gasteiger charge is 2.16. The topological polar surface area (TPSA) is 109 Å². The molecule has 3 aromatic rings. The van der Waals surface area contributed by atoms with Crippen LogP contribution < -0.4 is 21.3 Å². The van der Waals surface area contributed by atoms with Gasteiger partial charge >= 0.3 is 0 Å². The van der Waals surface area contributed by atoms with E-state index in [1.54, 1.807) is 0 Å². The van der Waals surface area contributed by atoms with Gasteiger partial charge in [-0.05, 0) is 31.5 Å². The predicted molar refractivity (Wildman–Crippen MR) is 121 cm³/mol. The summed E-state index contributed by atoms with van der Waals surface area (Å²) in [6.07, 6.45) is 4.01. The molecule has 0 saturated heterocycles. The van der Waals surface area contributed by atoms with Gasteiger partial charge in [0.15, 0.2) is 11.5 Å². The molecule has 0 aliphatic rings. The normalized spacial score (nSPS) is 10.9. The molecule has 0 aliphatic carbocycles. The summed E-state index contributed by atoms with van der Waals surface area (Å²) in [5.74, 6) is 0.604. The van der Waals surface area contributed by atoms with E-state index in [1.165, 1.54) is 12.4 Å². The number of likely N-dealkylation sites (N-methyl/N-ethyl adjacent to an activating group) is 1. The summed E-state index contributed by atoms with van der Waals surface area (Å²) < 4.78 is 0. The Morgan fingerprint density at radius 3 is 2.77 bits per heavy atom. The van der Waals surface area contributed by atoms with Crippen molar-refractivity contribution in [2.24, 2.45) is 0 Å². The quantitative estimate of drug-likeness (QED) is 0.467. The zero-order valence-corrected chi connectivity index (χ0v) is 17.8. The number of benzene rings is 1. The average Bonchev–Trinajstić information content (AvgIpc) is 2.75. The molecule has 0 bridgehead atoms. The number of amides is 1. The van der Waals surface area contributed by atoms with Crippen LogP contribution >= 0.6 is 0 Å². The van der Waals surface area contributed by atoms with Crippen LogP contribution in [0.5, 0.6) is 0 Å². The predicted octanol–water partition coefficient (Wildman–Crippen LogP) is 2.28. The Morgan fingerprint density at radius 1 is 1.20 bits per heavy atom. The van der Waals surface area contributed by atoms with Crippen molar-refractivity contribution in [2.45, 2.75) is 26.8 Å². The number of hydrogen-bond donors (Lipinski definition) is 3. The molecule has 4 N–H and O–H groups in total. The van der Waals surface area contributed by atoms with E-state index in [0.717, 1.165) is 53.9 Å². The molecule has 0 aliphatic heterocycles. The summed E-state index contributed by atoms with van der Waals surface area (Å²) in [6.45, 7) is 7.17. The number of carbonyl (C=O) groups excluding carboxylic acids is 1. The highest BCUT2D eigenvalue weighted by atomic mass is 16.1. The van der Waals surface area contributed by atoms with Gasteiger partial charge in [-0.15, -0.1) is 0 Å². The van der Waals surface area contributed by atoms with Crippen LogP contribution in [-0.4, -0.2) is 47.5 Å². The largest absolute Gasteiger partial charge is 0.382 e. The first kappa shape index (κ1) is 21.4. The van der Waals surface area contributed by atoms with Crippen LogP contribution in [0, 0.1) is 6.92 Å². The van der Waals surface area contributed by atoms with Crippen LogP contribution in [0.3, 0.4) is 0 Å². The molecule has 0 radical (unpaired) electrons. The molecule has 2 aromatic heterocycles. The molecule has 0 spiro atoms. The molecule has 158 valence electrons. The third kappa shape index (κ3) is 5.01. The van der Waals surface area contributed by atoms with Gasteiger partial charge in [-0.25, -0.2) is 15.0 Å². The Bertz CT molecular complexity index is 1020. The van der Waals surface area contributed by atoms with E-state index in [-0.39, 0.29) is 17.4 Å². The van der Waals surface area contributed by atoms with Crippen LogP contribution in [0.2, 0.25) is 0 Å². The molecular weight excluding hydrogens is 378 g/mol. The molecule has 1 amide bonds. The number of carbonyl (C=O) groups is 1. The van der Waals surface area contributed by atoms with Gasteiger partial charge in [0.1, 0.15) is 5.82 Å².